The van der Waals surface area contributed by atoms with E-state index in [4.69, 9.17) is 9.47 Å². The number of amides is 1. The third-order valence-electron chi connectivity index (χ3n) is 4.78. The molecular formula is C25H21N3O4. The first kappa shape index (κ1) is 21.0. The van der Waals surface area contributed by atoms with Gasteiger partial charge in [0.2, 0.25) is 0 Å². The van der Waals surface area contributed by atoms with Crippen LogP contribution in [0.25, 0.3) is 11.0 Å². The summed E-state index contributed by atoms with van der Waals surface area (Å²) in [5, 5.41) is 2.72. The Morgan fingerprint density at radius 2 is 1.53 bits per heavy atom. The summed E-state index contributed by atoms with van der Waals surface area (Å²) in [6.45, 7) is 3.30. The molecule has 7 heteroatoms. The highest BCUT2D eigenvalue weighted by molar-refractivity contribution is 5.97. The summed E-state index contributed by atoms with van der Waals surface area (Å²) in [5.74, 6) is 0.0352. The Morgan fingerprint density at radius 1 is 0.844 bits per heavy atom. The fourth-order valence-corrected chi connectivity index (χ4v) is 3.03. The molecule has 160 valence electrons. The van der Waals surface area contributed by atoms with Gasteiger partial charge >= 0.3 is 5.97 Å². The van der Waals surface area contributed by atoms with E-state index in [9.17, 15) is 9.59 Å². The Labute approximate surface area is 185 Å². The molecule has 32 heavy (non-hydrogen) atoms. The first-order chi connectivity index (χ1) is 15.5. The number of esters is 1. The molecule has 0 fully saturated rings. The second kappa shape index (κ2) is 9.26. The van der Waals surface area contributed by atoms with E-state index in [0.717, 1.165) is 11.4 Å². The van der Waals surface area contributed by atoms with Crippen LogP contribution in [0.3, 0.4) is 0 Å². The Kier molecular flexibility index (Phi) is 6.07. The molecule has 0 saturated carbocycles. The smallest absolute Gasteiger partial charge is 0.338 e. The lowest BCUT2D eigenvalue weighted by atomic mass is 10.2. The summed E-state index contributed by atoms with van der Waals surface area (Å²) < 4.78 is 11.0. The first-order valence-corrected chi connectivity index (χ1v) is 10.0. The van der Waals surface area contributed by atoms with Gasteiger partial charge in [-0.05, 0) is 56.3 Å². The minimum absolute atomic E-state index is 0.302. The topological polar surface area (TPSA) is 90.4 Å². The molecule has 0 aliphatic rings. The van der Waals surface area contributed by atoms with Crippen molar-refractivity contribution in [2.75, 3.05) is 11.9 Å². The van der Waals surface area contributed by atoms with Gasteiger partial charge in [-0.1, -0.05) is 30.3 Å². The van der Waals surface area contributed by atoms with E-state index in [1.165, 1.54) is 0 Å². The molecule has 4 aromatic rings. The average Bonchev–Trinajstić information content (AvgIpc) is 2.80. The quantitative estimate of drug-likeness (QED) is 0.443. The number of hydrogen-bond acceptors (Lipinski definition) is 6. The van der Waals surface area contributed by atoms with Gasteiger partial charge in [0.15, 0.2) is 12.4 Å². The Hall–Kier alpha value is -4.26. The van der Waals surface area contributed by atoms with Gasteiger partial charge in [0.1, 0.15) is 5.75 Å². The van der Waals surface area contributed by atoms with Crippen LogP contribution >= 0.6 is 0 Å². The number of anilines is 1. The Morgan fingerprint density at radius 3 is 2.31 bits per heavy atom. The molecule has 1 aromatic heterocycles. The van der Waals surface area contributed by atoms with Crippen LogP contribution < -0.4 is 10.1 Å². The predicted molar refractivity (Wildman–Crippen MR) is 121 cm³/mol. The van der Waals surface area contributed by atoms with Crippen molar-refractivity contribution in [2.24, 2.45) is 0 Å². The minimum atomic E-state index is -0.615. The average molecular weight is 427 g/mol. The molecule has 0 saturated heterocycles. The summed E-state index contributed by atoms with van der Waals surface area (Å²) >= 11 is 0. The Bertz CT molecular complexity index is 1290. The number of nitrogens with one attached hydrogen (secondary N) is 1. The van der Waals surface area contributed by atoms with Gasteiger partial charge in [-0.3, -0.25) is 4.79 Å². The summed E-state index contributed by atoms with van der Waals surface area (Å²) in [7, 11) is 0. The van der Waals surface area contributed by atoms with Crippen molar-refractivity contribution in [3.63, 3.8) is 0 Å². The number of carbonyl (C=O) groups excluding carboxylic acids is 2. The molecule has 7 nitrogen and oxygen atoms in total. The van der Waals surface area contributed by atoms with Crippen LogP contribution in [-0.2, 0) is 9.53 Å². The van der Waals surface area contributed by atoms with Gasteiger partial charge in [0.25, 0.3) is 5.91 Å². The molecule has 0 unspecified atom stereocenters. The number of aryl methyl sites for hydroxylation is 2. The van der Waals surface area contributed by atoms with E-state index >= 15 is 0 Å². The van der Waals surface area contributed by atoms with E-state index in [1.807, 2.05) is 44.2 Å². The monoisotopic (exact) mass is 427 g/mol. The van der Waals surface area contributed by atoms with Crippen LogP contribution in [0.5, 0.6) is 11.5 Å². The molecule has 4 rings (SSSR count). The van der Waals surface area contributed by atoms with Crippen molar-refractivity contribution in [1.82, 2.24) is 9.97 Å². The molecule has 1 amide bonds. The van der Waals surface area contributed by atoms with Crippen LogP contribution in [0.1, 0.15) is 21.7 Å². The molecular weight excluding hydrogens is 406 g/mol. The van der Waals surface area contributed by atoms with Crippen LogP contribution in [-0.4, -0.2) is 28.5 Å². The fraction of sp³-hybridized carbons (Fsp3) is 0.120. The van der Waals surface area contributed by atoms with Crippen molar-refractivity contribution >= 4 is 28.6 Å². The SMILES string of the molecule is Cc1nc2ccc(C(=O)OCC(=O)Nc3ccccc3Oc3ccccc3)cc2nc1C. The zero-order chi connectivity index (χ0) is 22.5. The van der Waals surface area contributed by atoms with Crippen molar-refractivity contribution in [3.05, 3.63) is 89.7 Å². The molecule has 1 heterocycles. The lowest BCUT2D eigenvalue weighted by molar-refractivity contribution is -0.119. The summed E-state index contributed by atoms with van der Waals surface area (Å²) in [5.41, 5.74) is 3.69. The van der Waals surface area contributed by atoms with E-state index in [0.29, 0.717) is 33.8 Å². The summed E-state index contributed by atoms with van der Waals surface area (Å²) in [6, 6.07) is 21.2. The summed E-state index contributed by atoms with van der Waals surface area (Å²) in [4.78, 5) is 33.7. The standard InChI is InChI=1S/C25H21N3O4/c1-16-17(2)27-22-14-18(12-13-20(22)26-16)25(30)31-15-24(29)28-21-10-6-7-11-23(21)32-19-8-4-3-5-9-19/h3-14H,15H2,1-2H3,(H,28,29). The van der Waals surface area contributed by atoms with E-state index in [1.54, 1.807) is 42.5 Å². The number of fused-ring (bicyclic) bond motifs is 1. The zero-order valence-electron chi connectivity index (χ0n) is 17.7. The largest absolute Gasteiger partial charge is 0.455 e. The van der Waals surface area contributed by atoms with Crippen molar-refractivity contribution < 1.29 is 19.1 Å². The highest BCUT2D eigenvalue weighted by Crippen LogP contribution is 2.29. The molecule has 1 N–H and O–H groups in total. The number of para-hydroxylation sites is 3. The number of aromatic nitrogens is 2. The second-order valence-electron chi connectivity index (χ2n) is 7.13. The Balaban J connectivity index is 1.40. The highest BCUT2D eigenvalue weighted by Gasteiger charge is 2.14. The maximum Gasteiger partial charge on any atom is 0.338 e. The minimum Gasteiger partial charge on any atom is -0.455 e. The molecule has 3 aromatic carbocycles. The zero-order valence-corrected chi connectivity index (χ0v) is 17.7. The van der Waals surface area contributed by atoms with Crippen LogP contribution in [0.15, 0.2) is 72.8 Å². The lowest BCUT2D eigenvalue weighted by Gasteiger charge is -2.12. The predicted octanol–water partition coefficient (Wildman–Crippen LogP) is 4.83. The molecule has 0 bridgehead atoms. The van der Waals surface area contributed by atoms with Gasteiger partial charge in [-0.25, -0.2) is 14.8 Å². The fourth-order valence-electron chi connectivity index (χ4n) is 3.03. The number of rotatable bonds is 6. The highest BCUT2D eigenvalue weighted by atomic mass is 16.5. The third kappa shape index (κ3) is 4.89. The van der Waals surface area contributed by atoms with Gasteiger partial charge in [-0.2, -0.15) is 0 Å². The molecule has 0 radical (unpaired) electrons. The van der Waals surface area contributed by atoms with E-state index in [2.05, 4.69) is 15.3 Å². The third-order valence-corrected chi connectivity index (χ3v) is 4.78. The van der Waals surface area contributed by atoms with E-state index in [-0.39, 0.29) is 0 Å². The second-order valence-corrected chi connectivity index (χ2v) is 7.13. The van der Waals surface area contributed by atoms with E-state index < -0.39 is 18.5 Å². The van der Waals surface area contributed by atoms with Crippen molar-refractivity contribution in [1.29, 1.82) is 0 Å². The number of ether oxygens (including phenoxy) is 2. The maximum atomic E-state index is 12.4. The lowest BCUT2D eigenvalue weighted by Crippen LogP contribution is -2.21. The molecule has 0 aliphatic heterocycles. The molecule has 0 atom stereocenters. The van der Waals surface area contributed by atoms with Crippen LogP contribution in [0, 0.1) is 13.8 Å². The van der Waals surface area contributed by atoms with Gasteiger partial charge in [0.05, 0.1) is 33.7 Å². The van der Waals surface area contributed by atoms with Crippen LogP contribution in [0.4, 0.5) is 5.69 Å². The number of carbonyl (C=O) groups is 2. The first-order valence-electron chi connectivity index (χ1n) is 10.0. The van der Waals surface area contributed by atoms with Gasteiger partial charge in [0, 0.05) is 0 Å². The number of benzene rings is 3. The van der Waals surface area contributed by atoms with Crippen molar-refractivity contribution in [2.45, 2.75) is 13.8 Å². The number of nitrogens with zero attached hydrogens (tertiary/aromatic N) is 2. The number of hydrogen-bond donors (Lipinski definition) is 1. The van der Waals surface area contributed by atoms with Crippen molar-refractivity contribution in [3.8, 4) is 11.5 Å². The molecule has 0 spiro atoms. The summed E-state index contributed by atoms with van der Waals surface area (Å²) in [6.07, 6.45) is 0. The van der Waals surface area contributed by atoms with Crippen LogP contribution in [0.2, 0.25) is 0 Å². The maximum absolute atomic E-state index is 12.4. The van der Waals surface area contributed by atoms with Gasteiger partial charge in [-0.15, -0.1) is 0 Å². The normalized spacial score (nSPS) is 10.6. The molecule has 0 aliphatic carbocycles. The van der Waals surface area contributed by atoms with Gasteiger partial charge < -0.3 is 14.8 Å².